The van der Waals surface area contributed by atoms with Crippen molar-refractivity contribution in [2.45, 2.75) is 13.8 Å². The molecule has 1 N–H and O–H groups in total. The summed E-state index contributed by atoms with van der Waals surface area (Å²) >= 11 is 5.67. The quantitative estimate of drug-likeness (QED) is 0.393. The van der Waals surface area contributed by atoms with Crippen LogP contribution in [-0.4, -0.2) is 20.7 Å². The highest BCUT2D eigenvalue weighted by Crippen LogP contribution is 2.34. The van der Waals surface area contributed by atoms with Crippen molar-refractivity contribution in [1.82, 2.24) is 9.97 Å². The number of aromatic nitrogens is 2. The van der Waals surface area contributed by atoms with Crippen LogP contribution in [0.15, 0.2) is 10.7 Å². The topological polar surface area (TPSA) is 135 Å². The van der Waals surface area contributed by atoms with Gasteiger partial charge in [-0.05, 0) is 13.8 Å². The second kappa shape index (κ2) is 5.79. The van der Waals surface area contributed by atoms with Crippen LogP contribution in [0.5, 0.6) is 0 Å². The number of carbonyl (C=O) groups excluding carboxylic acids is 1. The predicted octanol–water partition coefficient (Wildman–Crippen LogP) is 2.76. The maximum Gasteiger partial charge on any atom is 0.348 e. The van der Waals surface area contributed by atoms with Crippen LogP contribution < -0.4 is 5.32 Å². The van der Waals surface area contributed by atoms with Crippen LogP contribution in [0.4, 0.5) is 17.4 Å². The van der Waals surface area contributed by atoms with Gasteiger partial charge in [-0.1, -0.05) is 11.6 Å². The van der Waals surface area contributed by atoms with Gasteiger partial charge in [-0.3, -0.25) is 14.9 Å². The molecule has 2 aromatic rings. The van der Waals surface area contributed by atoms with E-state index in [1.807, 2.05) is 6.07 Å². The van der Waals surface area contributed by atoms with Gasteiger partial charge in [0.1, 0.15) is 23.7 Å². The molecule has 9 nitrogen and oxygen atoms in total. The highest BCUT2D eigenvalue weighted by atomic mass is 35.5. The molecular weight excluding hydrogens is 314 g/mol. The van der Waals surface area contributed by atoms with Crippen molar-refractivity contribution in [2.75, 3.05) is 5.32 Å². The monoisotopic (exact) mass is 321 g/mol. The molecule has 0 aromatic carbocycles. The molecule has 0 aliphatic rings. The summed E-state index contributed by atoms with van der Waals surface area (Å²) in [5, 5.41) is 22.3. The van der Waals surface area contributed by atoms with E-state index < -0.39 is 10.6 Å². The van der Waals surface area contributed by atoms with Crippen LogP contribution in [0.1, 0.15) is 28.6 Å². The Balaban J connectivity index is 2.56. The Hall–Kier alpha value is -2.99. The van der Waals surface area contributed by atoms with Crippen LogP contribution in [0.3, 0.4) is 0 Å². The van der Waals surface area contributed by atoms with E-state index in [2.05, 4.69) is 15.3 Å². The number of halogens is 1. The number of nitrogens with one attached hydrogen (secondary N) is 1. The van der Waals surface area contributed by atoms with E-state index in [0.717, 1.165) is 6.33 Å². The van der Waals surface area contributed by atoms with E-state index >= 15 is 0 Å². The van der Waals surface area contributed by atoms with Crippen molar-refractivity contribution in [2.24, 2.45) is 0 Å². The van der Waals surface area contributed by atoms with E-state index in [1.54, 1.807) is 0 Å². The lowest BCUT2D eigenvalue weighted by Crippen LogP contribution is -2.02. The smallest absolute Gasteiger partial charge is 0.348 e. The van der Waals surface area contributed by atoms with E-state index in [4.69, 9.17) is 16.0 Å². The first-order valence-corrected chi connectivity index (χ1v) is 6.21. The minimum absolute atomic E-state index is 0.0611. The summed E-state index contributed by atoms with van der Waals surface area (Å²) in [6, 6.07) is 1.83. The number of hydrogen-bond donors (Lipinski definition) is 1. The van der Waals surface area contributed by atoms with E-state index in [-0.39, 0.29) is 39.5 Å². The number of rotatable bonds is 4. The van der Waals surface area contributed by atoms with Gasteiger partial charge in [0.05, 0.1) is 10.5 Å². The molecular formula is C12H8ClN5O4. The number of anilines is 2. The van der Waals surface area contributed by atoms with Crippen molar-refractivity contribution >= 4 is 34.8 Å². The van der Waals surface area contributed by atoms with Crippen molar-refractivity contribution in [3.05, 3.63) is 38.5 Å². The largest absolute Gasteiger partial charge is 0.443 e. The first-order valence-electron chi connectivity index (χ1n) is 5.83. The maximum absolute atomic E-state index is 11.5. The van der Waals surface area contributed by atoms with Gasteiger partial charge in [0, 0.05) is 0 Å². The molecule has 2 aromatic heterocycles. The number of ketones is 1. The van der Waals surface area contributed by atoms with Crippen molar-refractivity contribution in [3.8, 4) is 6.07 Å². The normalized spacial score (nSPS) is 10.1. The van der Waals surface area contributed by atoms with E-state index in [1.165, 1.54) is 13.8 Å². The Morgan fingerprint density at radius 1 is 1.55 bits per heavy atom. The average molecular weight is 322 g/mol. The minimum Gasteiger partial charge on any atom is -0.443 e. The van der Waals surface area contributed by atoms with Gasteiger partial charge in [0.25, 0.3) is 0 Å². The van der Waals surface area contributed by atoms with Gasteiger partial charge in [-0.2, -0.15) is 5.26 Å². The molecule has 0 atom stereocenters. The molecule has 0 fully saturated rings. The van der Waals surface area contributed by atoms with Crippen molar-refractivity contribution < 1.29 is 14.1 Å². The molecule has 0 aliphatic heterocycles. The van der Waals surface area contributed by atoms with Gasteiger partial charge in [0.2, 0.25) is 16.9 Å². The Kier molecular flexibility index (Phi) is 4.05. The molecule has 0 aliphatic carbocycles. The number of hydrogen-bond acceptors (Lipinski definition) is 8. The van der Waals surface area contributed by atoms with Gasteiger partial charge in [-0.15, -0.1) is 0 Å². The van der Waals surface area contributed by atoms with Crippen molar-refractivity contribution in [1.29, 1.82) is 5.26 Å². The summed E-state index contributed by atoms with van der Waals surface area (Å²) in [4.78, 5) is 29.0. The molecule has 10 heteroatoms. The number of nitrogens with zero attached hydrogens (tertiary/aromatic N) is 4. The molecule has 0 saturated carbocycles. The standard InChI is InChI=1S/C12H8ClN5O4/c1-5(19)8-6(2)22-12(7(8)3-14)17-11-9(18(20)21)10(13)15-4-16-11/h4H,1-2H3,(H,15,16,17). The van der Waals surface area contributed by atoms with E-state index in [9.17, 15) is 20.2 Å². The highest BCUT2D eigenvalue weighted by molar-refractivity contribution is 6.31. The summed E-state index contributed by atoms with van der Waals surface area (Å²) in [7, 11) is 0. The van der Waals surface area contributed by atoms with Crippen LogP contribution in [-0.2, 0) is 0 Å². The molecule has 0 unspecified atom stereocenters. The zero-order chi connectivity index (χ0) is 16.4. The molecule has 112 valence electrons. The Morgan fingerprint density at radius 2 is 2.23 bits per heavy atom. The van der Waals surface area contributed by atoms with E-state index in [0.29, 0.717) is 0 Å². The fourth-order valence-electron chi connectivity index (χ4n) is 1.88. The van der Waals surface area contributed by atoms with Crippen LogP contribution in [0.2, 0.25) is 5.15 Å². The Morgan fingerprint density at radius 3 is 2.77 bits per heavy atom. The summed E-state index contributed by atoms with van der Waals surface area (Å²) in [6.45, 7) is 2.79. The summed E-state index contributed by atoms with van der Waals surface area (Å²) in [5.74, 6) is -0.510. The number of furan rings is 1. The summed E-state index contributed by atoms with van der Waals surface area (Å²) in [5.41, 5.74) is -0.520. The lowest BCUT2D eigenvalue weighted by molar-refractivity contribution is -0.384. The Bertz CT molecular complexity index is 824. The molecule has 0 saturated heterocycles. The molecule has 0 bridgehead atoms. The average Bonchev–Trinajstić information content (AvgIpc) is 2.74. The number of nitriles is 1. The van der Waals surface area contributed by atoms with Gasteiger partial charge >= 0.3 is 5.69 Å². The van der Waals surface area contributed by atoms with Crippen LogP contribution in [0, 0.1) is 28.4 Å². The zero-order valence-electron chi connectivity index (χ0n) is 11.4. The van der Waals surface area contributed by atoms with Gasteiger partial charge < -0.3 is 9.73 Å². The fraction of sp³-hybridized carbons (Fsp3) is 0.167. The SMILES string of the molecule is CC(=O)c1c(C)oc(Nc2ncnc(Cl)c2[N+](=O)[O-])c1C#N. The van der Waals surface area contributed by atoms with Gasteiger partial charge in [0.15, 0.2) is 5.78 Å². The third kappa shape index (κ3) is 2.59. The number of aryl methyl sites for hydroxylation is 1. The highest BCUT2D eigenvalue weighted by Gasteiger charge is 2.26. The number of nitro groups is 1. The zero-order valence-corrected chi connectivity index (χ0v) is 12.1. The molecule has 0 amide bonds. The van der Waals surface area contributed by atoms with Crippen molar-refractivity contribution in [3.63, 3.8) is 0 Å². The second-order valence-electron chi connectivity index (χ2n) is 4.15. The number of carbonyl (C=O) groups is 1. The lowest BCUT2D eigenvalue weighted by atomic mass is 10.1. The fourth-order valence-corrected chi connectivity index (χ4v) is 2.08. The Labute approximate surface area is 128 Å². The molecule has 2 heterocycles. The number of Topliss-reactive ketones (excluding diaryl/α,β-unsaturated/α-hetero) is 1. The van der Waals surface area contributed by atoms with Crippen LogP contribution >= 0.6 is 11.6 Å². The predicted molar refractivity (Wildman–Crippen MR) is 75.1 cm³/mol. The summed E-state index contributed by atoms with van der Waals surface area (Å²) in [6.07, 6.45) is 1.02. The molecule has 22 heavy (non-hydrogen) atoms. The third-order valence-corrected chi connectivity index (χ3v) is 3.02. The molecule has 0 radical (unpaired) electrons. The maximum atomic E-state index is 11.5. The molecule has 0 spiro atoms. The van der Waals surface area contributed by atoms with Gasteiger partial charge in [-0.25, -0.2) is 9.97 Å². The summed E-state index contributed by atoms with van der Waals surface area (Å²) < 4.78 is 5.30. The third-order valence-electron chi connectivity index (χ3n) is 2.74. The minimum atomic E-state index is -0.765. The second-order valence-corrected chi connectivity index (χ2v) is 4.51. The van der Waals surface area contributed by atoms with Crippen LogP contribution in [0.25, 0.3) is 0 Å². The first-order chi connectivity index (χ1) is 10.4. The lowest BCUT2D eigenvalue weighted by Gasteiger charge is -2.03. The first kappa shape index (κ1) is 15.4. The molecule has 2 rings (SSSR count).